The van der Waals surface area contributed by atoms with Gasteiger partial charge in [0, 0.05) is 5.02 Å². The molecule has 4 aromatic rings. The van der Waals surface area contributed by atoms with Crippen molar-refractivity contribution in [3.63, 3.8) is 0 Å². The molecule has 1 amide bonds. The number of carbonyl (C=O) groups excluding carboxylic acids is 1. The summed E-state index contributed by atoms with van der Waals surface area (Å²) >= 11 is 7.15. The van der Waals surface area contributed by atoms with Crippen LogP contribution < -0.4 is 9.75 Å². The second kappa shape index (κ2) is 9.16. The molecule has 0 bridgehead atoms. The lowest BCUT2D eigenvalue weighted by molar-refractivity contribution is -0.402. The summed E-state index contributed by atoms with van der Waals surface area (Å²) in [5.41, 5.74) is 1.78. The molecule has 0 N–H and O–H groups in total. The van der Waals surface area contributed by atoms with Gasteiger partial charge in [-0.2, -0.15) is 10.1 Å². The van der Waals surface area contributed by atoms with Crippen LogP contribution in [0.3, 0.4) is 0 Å². The third kappa shape index (κ3) is 4.93. The minimum atomic E-state index is -0.657. The highest BCUT2D eigenvalue weighted by Crippen LogP contribution is 2.30. The van der Waals surface area contributed by atoms with Gasteiger partial charge in [0.2, 0.25) is 5.13 Å². The van der Waals surface area contributed by atoms with E-state index in [9.17, 15) is 14.9 Å². The topological polar surface area (TPSA) is 111 Å². The Labute approximate surface area is 190 Å². The molecule has 4 rings (SSSR count). The molecule has 0 aliphatic heterocycles. The highest BCUT2D eigenvalue weighted by Gasteiger charge is 2.21. The molecule has 0 radical (unpaired) electrons. The molecule has 162 valence electrons. The molecule has 0 unspecified atom stereocenters. The van der Waals surface area contributed by atoms with Crippen LogP contribution >= 0.6 is 22.9 Å². The van der Waals surface area contributed by atoms with Crippen LogP contribution in [0.2, 0.25) is 5.02 Å². The average molecular weight is 471 g/mol. The SMILES string of the molecule is Cc1ccc2nc(N(/N=C/c3ccc([N+](=O)[O-])o3)C(=O)COc3ccc(Cl)cc3)sc2c1. The number of nitro groups is 1. The molecule has 2 heterocycles. The minimum absolute atomic E-state index is 0.116. The minimum Gasteiger partial charge on any atom is -0.484 e. The molecule has 32 heavy (non-hydrogen) atoms. The van der Waals surface area contributed by atoms with Crippen molar-refractivity contribution in [3.8, 4) is 5.75 Å². The summed E-state index contributed by atoms with van der Waals surface area (Å²) in [5, 5.41) is 17.0. The summed E-state index contributed by atoms with van der Waals surface area (Å²) in [4.78, 5) is 27.6. The van der Waals surface area contributed by atoms with E-state index in [1.165, 1.54) is 29.7 Å². The summed E-state index contributed by atoms with van der Waals surface area (Å²) in [7, 11) is 0. The number of aryl methyl sites for hydroxylation is 1. The first-order chi connectivity index (χ1) is 15.4. The van der Waals surface area contributed by atoms with Crippen LogP contribution in [0.25, 0.3) is 10.2 Å². The maximum Gasteiger partial charge on any atom is 0.433 e. The molecule has 9 nitrogen and oxygen atoms in total. The Hall–Kier alpha value is -3.76. The second-order valence-electron chi connectivity index (χ2n) is 6.59. The van der Waals surface area contributed by atoms with E-state index in [0.29, 0.717) is 15.9 Å². The summed E-state index contributed by atoms with van der Waals surface area (Å²) in [6.45, 7) is 1.65. The first kappa shape index (κ1) is 21.5. The van der Waals surface area contributed by atoms with E-state index in [-0.39, 0.29) is 12.4 Å². The van der Waals surface area contributed by atoms with Crippen LogP contribution in [0.1, 0.15) is 11.3 Å². The highest BCUT2D eigenvalue weighted by atomic mass is 35.5. The number of rotatable bonds is 7. The number of thiazole rings is 1. The van der Waals surface area contributed by atoms with E-state index >= 15 is 0 Å². The lowest BCUT2D eigenvalue weighted by atomic mass is 10.2. The number of anilines is 1. The van der Waals surface area contributed by atoms with E-state index in [1.807, 2.05) is 25.1 Å². The number of ether oxygens (including phenoxy) is 1. The predicted octanol–water partition coefficient (Wildman–Crippen LogP) is 5.21. The molecule has 2 aromatic carbocycles. The fourth-order valence-electron chi connectivity index (χ4n) is 2.69. The van der Waals surface area contributed by atoms with Crippen LogP contribution in [0.15, 0.2) is 64.1 Å². The van der Waals surface area contributed by atoms with Gasteiger partial charge in [-0.05, 0) is 55.0 Å². The Bertz CT molecular complexity index is 1320. The van der Waals surface area contributed by atoms with E-state index in [0.717, 1.165) is 20.8 Å². The van der Waals surface area contributed by atoms with Gasteiger partial charge < -0.3 is 9.15 Å². The fourth-order valence-corrected chi connectivity index (χ4v) is 3.86. The Kier molecular flexibility index (Phi) is 6.15. The normalized spacial score (nSPS) is 11.2. The molecule has 2 aromatic heterocycles. The molecule has 0 saturated carbocycles. The standard InChI is InChI=1S/C21H15ClN4O5S/c1-13-2-8-17-18(10-13)32-21(24-17)25(23-11-16-7-9-20(31-16)26(28)29)19(27)12-30-15-5-3-14(22)4-6-15/h2-11H,12H2,1H3/b23-11+. The molecule has 11 heteroatoms. The number of carbonyl (C=O) groups is 1. The summed E-state index contributed by atoms with van der Waals surface area (Å²) in [5.74, 6) is -0.336. The number of aromatic nitrogens is 1. The Morgan fingerprint density at radius 2 is 2.06 bits per heavy atom. The molecule has 0 spiro atoms. The molecule has 0 fully saturated rings. The van der Waals surface area contributed by atoms with Gasteiger partial charge in [-0.25, -0.2) is 4.98 Å². The van der Waals surface area contributed by atoms with Crippen LogP contribution in [0.5, 0.6) is 5.75 Å². The van der Waals surface area contributed by atoms with Gasteiger partial charge in [-0.15, -0.1) is 0 Å². The summed E-state index contributed by atoms with van der Waals surface area (Å²) < 4.78 is 11.5. The van der Waals surface area contributed by atoms with Crippen molar-refractivity contribution in [2.75, 3.05) is 11.6 Å². The first-order valence-corrected chi connectivity index (χ1v) is 10.5. The second-order valence-corrected chi connectivity index (χ2v) is 8.04. The van der Waals surface area contributed by atoms with Crippen molar-refractivity contribution in [2.24, 2.45) is 5.10 Å². The third-order valence-electron chi connectivity index (χ3n) is 4.22. The quantitative estimate of drug-likeness (QED) is 0.208. The Morgan fingerprint density at radius 3 is 2.78 bits per heavy atom. The van der Waals surface area contributed by atoms with Gasteiger partial charge in [0.1, 0.15) is 10.7 Å². The van der Waals surface area contributed by atoms with Gasteiger partial charge in [-0.3, -0.25) is 14.9 Å². The highest BCUT2D eigenvalue weighted by molar-refractivity contribution is 7.22. The van der Waals surface area contributed by atoms with E-state index in [2.05, 4.69) is 10.1 Å². The van der Waals surface area contributed by atoms with Crippen molar-refractivity contribution >= 4 is 56.3 Å². The monoisotopic (exact) mass is 470 g/mol. The number of hydrazone groups is 1. The number of halogens is 1. The van der Waals surface area contributed by atoms with Crippen LogP contribution in [-0.2, 0) is 4.79 Å². The fraction of sp³-hybridized carbons (Fsp3) is 0.0952. The van der Waals surface area contributed by atoms with Gasteiger partial charge in [-0.1, -0.05) is 29.0 Å². The van der Waals surface area contributed by atoms with E-state index in [4.69, 9.17) is 20.8 Å². The predicted molar refractivity (Wildman–Crippen MR) is 122 cm³/mol. The molecule has 0 aliphatic rings. The van der Waals surface area contributed by atoms with Crippen molar-refractivity contribution in [1.82, 2.24) is 4.98 Å². The summed E-state index contributed by atoms with van der Waals surface area (Å²) in [6, 6.07) is 14.9. The van der Waals surface area contributed by atoms with Crippen LogP contribution in [-0.4, -0.2) is 28.6 Å². The molecule has 0 atom stereocenters. The van der Waals surface area contributed by atoms with Crippen molar-refractivity contribution in [3.05, 3.63) is 81.1 Å². The van der Waals surface area contributed by atoms with E-state index < -0.39 is 16.7 Å². The van der Waals surface area contributed by atoms with Crippen molar-refractivity contribution in [2.45, 2.75) is 6.92 Å². The molecule has 0 saturated heterocycles. The molecule has 0 aliphatic carbocycles. The number of hydrogen-bond acceptors (Lipinski definition) is 8. The number of benzene rings is 2. The van der Waals surface area contributed by atoms with E-state index in [1.54, 1.807) is 24.3 Å². The maximum atomic E-state index is 13.0. The number of furan rings is 1. The number of amides is 1. The zero-order valence-electron chi connectivity index (χ0n) is 16.6. The zero-order chi connectivity index (χ0) is 22.7. The van der Waals surface area contributed by atoms with Crippen LogP contribution in [0, 0.1) is 17.0 Å². The van der Waals surface area contributed by atoms with Gasteiger partial charge >= 0.3 is 5.88 Å². The zero-order valence-corrected chi connectivity index (χ0v) is 18.2. The van der Waals surface area contributed by atoms with Crippen LogP contribution in [0.4, 0.5) is 11.0 Å². The number of nitrogens with zero attached hydrogens (tertiary/aromatic N) is 4. The van der Waals surface area contributed by atoms with Crippen molar-refractivity contribution in [1.29, 1.82) is 0 Å². The molecular formula is C21H15ClN4O5S. The lowest BCUT2D eigenvalue weighted by Crippen LogP contribution is -2.30. The first-order valence-electron chi connectivity index (χ1n) is 9.26. The maximum absolute atomic E-state index is 13.0. The Balaban J connectivity index is 1.61. The Morgan fingerprint density at radius 1 is 1.28 bits per heavy atom. The lowest BCUT2D eigenvalue weighted by Gasteiger charge is -2.14. The number of hydrogen-bond donors (Lipinski definition) is 0. The number of fused-ring (bicyclic) bond motifs is 1. The van der Waals surface area contributed by atoms with Gasteiger partial charge in [0.05, 0.1) is 22.5 Å². The van der Waals surface area contributed by atoms with Gasteiger partial charge in [0.25, 0.3) is 5.91 Å². The molecular weight excluding hydrogens is 456 g/mol. The van der Waals surface area contributed by atoms with Crippen molar-refractivity contribution < 1.29 is 18.9 Å². The largest absolute Gasteiger partial charge is 0.484 e. The average Bonchev–Trinajstić information content (AvgIpc) is 3.40. The van der Waals surface area contributed by atoms with Gasteiger partial charge in [0.15, 0.2) is 12.4 Å². The summed E-state index contributed by atoms with van der Waals surface area (Å²) in [6.07, 6.45) is 1.21. The smallest absolute Gasteiger partial charge is 0.433 e. The third-order valence-corrected chi connectivity index (χ3v) is 5.46.